The highest BCUT2D eigenvalue weighted by Crippen LogP contribution is 2.20. The molecule has 0 spiro atoms. The first-order valence-electron chi connectivity index (χ1n) is 7.07. The Kier molecular flexibility index (Phi) is 7.96. The Morgan fingerprint density at radius 1 is 1.23 bits per heavy atom. The van der Waals surface area contributed by atoms with Gasteiger partial charge in [-0.3, -0.25) is 9.59 Å². The molecule has 0 unspecified atom stereocenters. The molecule has 0 aliphatic heterocycles. The molecule has 0 aliphatic carbocycles. The van der Waals surface area contributed by atoms with Crippen LogP contribution in [0.1, 0.15) is 27.2 Å². The summed E-state index contributed by atoms with van der Waals surface area (Å²) in [7, 11) is 0. The maximum absolute atomic E-state index is 11.6. The number of carbonyl (C=O) groups is 2. The number of hydrogen-bond acceptors (Lipinski definition) is 4. The van der Waals surface area contributed by atoms with Crippen molar-refractivity contribution < 1.29 is 14.3 Å². The number of rotatable bonds is 7. The second kappa shape index (κ2) is 9.20. The van der Waals surface area contributed by atoms with E-state index < -0.39 is 0 Å². The van der Waals surface area contributed by atoms with Crippen LogP contribution in [-0.2, 0) is 14.3 Å². The number of nitrogens with one attached hydrogen (secondary N) is 1. The van der Waals surface area contributed by atoms with E-state index in [0.29, 0.717) is 13.0 Å². The maximum atomic E-state index is 11.6. The largest absolute Gasteiger partial charge is 0.456 e. The summed E-state index contributed by atoms with van der Waals surface area (Å²) in [6, 6.07) is 8.00. The molecule has 122 valence electrons. The highest BCUT2D eigenvalue weighted by atomic mass is 79.9. The molecular formula is C16H22BrNO3S. The minimum absolute atomic E-state index is 0.130. The lowest BCUT2D eigenvalue weighted by molar-refractivity contribution is -0.150. The third-order valence-corrected chi connectivity index (χ3v) is 4.09. The van der Waals surface area contributed by atoms with Gasteiger partial charge in [0.25, 0.3) is 5.91 Å². The number of ether oxygens (including phenoxy) is 1. The molecule has 0 atom stereocenters. The van der Waals surface area contributed by atoms with Crippen LogP contribution in [0.2, 0.25) is 0 Å². The molecule has 1 aromatic rings. The normalized spacial score (nSPS) is 11.1. The Bertz CT molecular complexity index is 497. The van der Waals surface area contributed by atoms with E-state index in [1.54, 1.807) is 11.8 Å². The highest BCUT2D eigenvalue weighted by molar-refractivity contribution is 9.10. The molecule has 0 bridgehead atoms. The Balaban J connectivity index is 2.13. The second-order valence-electron chi connectivity index (χ2n) is 6.05. The SMILES string of the molecule is CC(C)(C)CC(=O)OCC(=O)NCCSc1ccc(Br)cc1. The van der Waals surface area contributed by atoms with Crippen molar-refractivity contribution in [2.75, 3.05) is 18.9 Å². The summed E-state index contributed by atoms with van der Waals surface area (Å²) in [6.07, 6.45) is 0.305. The van der Waals surface area contributed by atoms with Gasteiger partial charge in [0.15, 0.2) is 6.61 Å². The summed E-state index contributed by atoms with van der Waals surface area (Å²) in [5.74, 6) is 0.161. The average Bonchev–Trinajstić information content (AvgIpc) is 2.41. The molecule has 0 aromatic heterocycles. The third kappa shape index (κ3) is 9.10. The first kappa shape index (κ1) is 19.0. The lowest BCUT2D eigenvalue weighted by Crippen LogP contribution is -2.31. The molecule has 4 nitrogen and oxygen atoms in total. The van der Waals surface area contributed by atoms with Crippen molar-refractivity contribution in [3.8, 4) is 0 Å². The third-order valence-electron chi connectivity index (χ3n) is 2.55. The topological polar surface area (TPSA) is 55.4 Å². The van der Waals surface area contributed by atoms with Crippen LogP contribution in [-0.4, -0.2) is 30.8 Å². The molecule has 1 N–H and O–H groups in total. The molecule has 6 heteroatoms. The summed E-state index contributed by atoms with van der Waals surface area (Å²) in [4.78, 5) is 24.2. The predicted molar refractivity (Wildman–Crippen MR) is 92.9 cm³/mol. The molecule has 0 heterocycles. The number of esters is 1. The second-order valence-corrected chi connectivity index (χ2v) is 8.13. The van der Waals surface area contributed by atoms with Gasteiger partial charge in [0.05, 0.1) is 6.42 Å². The van der Waals surface area contributed by atoms with Crippen molar-refractivity contribution in [2.24, 2.45) is 5.41 Å². The molecular weight excluding hydrogens is 366 g/mol. The van der Waals surface area contributed by atoms with Crippen molar-refractivity contribution in [3.63, 3.8) is 0 Å². The summed E-state index contributed by atoms with van der Waals surface area (Å²) in [5.41, 5.74) is -0.130. The Morgan fingerprint density at radius 2 is 1.86 bits per heavy atom. The zero-order chi connectivity index (χ0) is 16.6. The van der Waals surface area contributed by atoms with E-state index in [-0.39, 0.29) is 23.9 Å². The number of thioether (sulfide) groups is 1. The zero-order valence-corrected chi connectivity index (χ0v) is 15.6. The first-order valence-corrected chi connectivity index (χ1v) is 8.85. The molecule has 0 aliphatic rings. The van der Waals surface area contributed by atoms with Crippen molar-refractivity contribution in [2.45, 2.75) is 32.1 Å². The van der Waals surface area contributed by atoms with Crippen LogP contribution in [0.4, 0.5) is 0 Å². The number of hydrogen-bond donors (Lipinski definition) is 1. The smallest absolute Gasteiger partial charge is 0.306 e. The van der Waals surface area contributed by atoms with Crippen molar-refractivity contribution >= 4 is 39.6 Å². The molecule has 1 aromatic carbocycles. The number of benzene rings is 1. The fourth-order valence-electron chi connectivity index (χ4n) is 1.57. The van der Waals surface area contributed by atoms with Gasteiger partial charge >= 0.3 is 5.97 Å². The fraction of sp³-hybridized carbons (Fsp3) is 0.500. The predicted octanol–water partition coefficient (Wildman–Crippen LogP) is 3.64. The van der Waals surface area contributed by atoms with Gasteiger partial charge < -0.3 is 10.1 Å². The lowest BCUT2D eigenvalue weighted by atomic mass is 9.93. The summed E-state index contributed by atoms with van der Waals surface area (Å²) in [5, 5.41) is 2.74. The van der Waals surface area contributed by atoms with Crippen LogP contribution < -0.4 is 5.32 Å². The van der Waals surface area contributed by atoms with E-state index in [0.717, 1.165) is 15.1 Å². The molecule has 0 radical (unpaired) electrons. The number of carbonyl (C=O) groups excluding carboxylic acids is 2. The molecule has 1 rings (SSSR count). The Hall–Kier alpha value is -1.01. The van der Waals surface area contributed by atoms with Crippen LogP contribution in [0.25, 0.3) is 0 Å². The van der Waals surface area contributed by atoms with E-state index in [4.69, 9.17) is 4.74 Å². The summed E-state index contributed by atoms with van der Waals surface area (Å²) >= 11 is 5.05. The highest BCUT2D eigenvalue weighted by Gasteiger charge is 2.17. The van der Waals surface area contributed by atoms with Crippen molar-refractivity contribution in [1.82, 2.24) is 5.32 Å². The first-order chi connectivity index (χ1) is 10.3. The minimum Gasteiger partial charge on any atom is -0.456 e. The van der Waals surface area contributed by atoms with E-state index in [9.17, 15) is 9.59 Å². The van der Waals surface area contributed by atoms with E-state index >= 15 is 0 Å². The molecule has 0 fully saturated rings. The standard InChI is InChI=1S/C16H22BrNO3S/c1-16(2,3)10-15(20)21-11-14(19)18-8-9-22-13-6-4-12(17)5-7-13/h4-7H,8-11H2,1-3H3,(H,18,19). The number of amides is 1. The van der Waals surface area contributed by atoms with Gasteiger partial charge in [-0.1, -0.05) is 36.7 Å². The average molecular weight is 388 g/mol. The maximum Gasteiger partial charge on any atom is 0.306 e. The van der Waals surface area contributed by atoms with Gasteiger partial charge in [0.1, 0.15) is 0 Å². The zero-order valence-electron chi connectivity index (χ0n) is 13.1. The lowest BCUT2D eigenvalue weighted by Gasteiger charge is -2.16. The molecule has 1 amide bonds. The minimum atomic E-state index is -0.341. The van der Waals surface area contributed by atoms with E-state index in [2.05, 4.69) is 21.2 Å². The van der Waals surface area contributed by atoms with Crippen LogP contribution in [0.3, 0.4) is 0 Å². The van der Waals surface area contributed by atoms with Crippen LogP contribution in [0.15, 0.2) is 33.6 Å². The molecule has 0 saturated heterocycles. The fourth-order valence-corrected chi connectivity index (χ4v) is 2.60. The summed E-state index contributed by atoms with van der Waals surface area (Å²) < 4.78 is 5.99. The van der Waals surface area contributed by atoms with Crippen LogP contribution in [0.5, 0.6) is 0 Å². The quantitative estimate of drug-likeness (QED) is 0.440. The molecule has 22 heavy (non-hydrogen) atoms. The monoisotopic (exact) mass is 387 g/mol. The summed E-state index contributed by atoms with van der Waals surface area (Å²) in [6.45, 7) is 6.18. The van der Waals surface area contributed by atoms with Crippen LogP contribution >= 0.6 is 27.7 Å². The molecule has 0 saturated carbocycles. The Morgan fingerprint density at radius 3 is 2.45 bits per heavy atom. The van der Waals surface area contributed by atoms with Crippen molar-refractivity contribution in [3.05, 3.63) is 28.7 Å². The number of halogens is 1. The Labute approximate surface area is 144 Å². The van der Waals surface area contributed by atoms with Gasteiger partial charge in [-0.05, 0) is 29.7 Å². The van der Waals surface area contributed by atoms with Gasteiger partial charge in [-0.15, -0.1) is 11.8 Å². The van der Waals surface area contributed by atoms with Gasteiger partial charge in [0, 0.05) is 21.7 Å². The van der Waals surface area contributed by atoms with E-state index in [1.807, 2.05) is 45.0 Å². The van der Waals surface area contributed by atoms with E-state index in [1.165, 1.54) is 0 Å². The van der Waals surface area contributed by atoms with Crippen LogP contribution in [0, 0.1) is 5.41 Å². The van der Waals surface area contributed by atoms with Crippen molar-refractivity contribution in [1.29, 1.82) is 0 Å². The van der Waals surface area contributed by atoms with Gasteiger partial charge in [-0.2, -0.15) is 0 Å². The van der Waals surface area contributed by atoms with Gasteiger partial charge in [0.2, 0.25) is 0 Å². The van der Waals surface area contributed by atoms with Gasteiger partial charge in [-0.25, -0.2) is 0 Å².